The van der Waals surface area contributed by atoms with Gasteiger partial charge in [-0.2, -0.15) is 0 Å². The summed E-state index contributed by atoms with van der Waals surface area (Å²) >= 11 is 0. The zero-order valence-corrected chi connectivity index (χ0v) is 8.64. The SMILES string of the molecule is CC(C)(C)N1C[N+]2(CCCC2)C1. The summed E-state index contributed by atoms with van der Waals surface area (Å²) in [5.74, 6) is 0. The molecular formula is C10H21N2+. The summed E-state index contributed by atoms with van der Waals surface area (Å²) in [6.45, 7) is 12.4. The highest BCUT2D eigenvalue weighted by atomic mass is 15.6. The van der Waals surface area contributed by atoms with Crippen molar-refractivity contribution in [2.75, 3.05) is 26.4 Å². The Bertz CT molecular complexity index is 167. The molecule has 0 saturated carbocycles. The van der Waals surface area contributed by atoms with Gasteiger partial charge in [0.05, 0.1) is 13.1 Å². The van der Waals surface area contributed by atoms with E-state index in [1.54, 1.807) is 0 Å². The van der Waals surface area contributed by atoms with Crippen LogP contribution in [0.3, 0.4) is 0 Å². The van der Waals surface area contributed by atoms with E-state index < -0.39 is 0 Å². The molecule has 2 heterocycles. The van der Waals surface area contributed by atoms with Crippen LogP contribution < -0.4 is 0 Å². The van der Waals surface area contributed by atoms with Gasteiger partial charge in [0.15, 0.2) is 0 Å². The van der Waals surface area contributed by atoms with Crippen molar-refractivity contribution in [1.82, 2.24) is 4.90 Å². The first kappa shape index (κ1) is 8.52. The largest absolute Gasteiger partial charge is 0.298 e. The second-order valence-electron chi connectivity index (χ2n) is 5.49. The molecule has 2 aliphatic heterocycles. The molecule has 0 aromatic heterocycles. The first-order valence-electron chi connectivity index (χ1n) is 5.12. The van der Waals surface area contributed by atoms with Crippen LogP contribution in [0.25, 0.3) is 0 Å². The summed E-state index contributed by atoms with van der Waals surface area (Å²) in [6, 6.07) is 0. The maximum absolute atomic E-state index is 2.60. The Morgan fingerprint density at radius 3 is 1.92 bits per heavy atom. The Labute approximate surface area is 75.7 Å². The van der Waals surface area contributed by atoms with Crippen LogP contribution in [-0.4, -0.2) is 41.3 Å². The molecule has 0 unspecified atom stereocenters. The standard InChI is InChI=1S/C10H21N2/c1-10(2,3)11-8-12(9-11)6-4-5-7-12/h4-9H2,1-3H3/q+1. The maximum atomic E-state index is 2.60. The van der Waals surface area contributed by atoms with E-state index in [-0.39, 0.29) is 0 Å². The van der Waals surface area contributed by atoms with E-state index in [0.29, 0.717) is 5.54 Å². The van der Waals surface area contributed by atoms with Crippen molar-refractivity contribution in [1.29, 1.82) is 0 Å². The van der Waals surface area contributed by atoms with Gasteiger partial charge in [-0.3, -0.25) is 4.48 Å². The topological polar surface area (TPSA) is 3.24 Å². The molecule has 1 spiro atoms. The lowest BCUT2D eigenvalue weighted by molar-refractivity contribution is -0.988. The van der Waals surface area contributed by atoms with E-state index in [2.05, 4.69) is 25.7 Å². The van der Waals surface area contributed by atoms with Gasteiger partial charge in [-0.25, -0.2) is 4.90 Å². The number of rotatable bonds is 0. The Morgan fingerprint density at radius 1 is 1.00 bits per heavy atom. The Balaban J connectivity index is 1.90. The summed E-state index contributed by atoms with van der Waals surface area (Å²) in [5.41, 5.74) is 0.395. The molecule has 2 rings (SSSR count). The zero-order chi connectivity index (χ0) is 8.82. The fourth-order valence-electron chi connectivity index (χ4n) is 2.40. The molecule has 2 heteroatoms. The Hall–Kier alpha value is -0.0800. The summed E-state index contributed by atoms with van der Waals surface area (Å²) in [5, 5.41) is 0. The van der Waals surface area contributed by atoms with Crippen molar-refractivity contribution in [2.24, 2.45) is 0 Å². The van der Waals surface area contributed by atoms with Gasteiger partial charge < -0.3 is 0 Å². The number of quaternary nitrogens is 1. The van der Waals surface area contributed by atoms with E-state index in [4.69, 9.17) is 0 Å². The predicted molar refractivity (Wildman–Crippen MR) is 50.6 cm³/mol. The normalized spacial score (nSPS) is 29.2. The minimum Gasteiger partial charge on any atom is -0.298 e. The van der Waals surface area contributed by atoms with Crippen LogP contribution >= 0.6 is 0 Å². The Morgan fingerprint density at radius 2 is 1.50 bits per heavy atom. The first-order chi connectivity index (χ1) is 5.52. The summed E-state index contributed by atoms with van der Waals surface area (Å²) in [6.07, 6.45) is 2.91. The molecule has 0 aliphatic carbocycles. The molecule has 2 saturated heterocycles. The molecule has 2 fully saturated rings. The van der Waals surface area contributed by atoms with Crippen molar-refractivity contribution in [3.63, 3.8) is 0 Å². The van der Waals surface area contributed by atoms with Gasteiger partial charge in [-0.05, 0) is 20.8 Å². The van der Waals surface area contributed by atoms with Crippen molar-refractivity contribution in [3.8, 4) is 0 Å². The number of nitrogens with zero attached hydrogens (tertiary/aromatic N) is 2. The van der Waals surface area contributed by atoms with Gasteiger partial charge in [0.25, 0.3) is 0 Å². The van der Waals surface area contributed by atoms with Gasteiger partial charge in [-0.15, -0.1) is 0 Å². The van der Waals surface area contributed by atoms with Crippen LogP contribution in [0.4, 0.5) is 0 Å². The highest BCUT2D eigenvalue weighted by Crippen LogP contribution is 2.32. The fraction of sp³-hybridized carbons (Fsp3) is 1.00. The van der Waals surface area contributed by atoms with Gasteiger partial charge in [0.2, 0.25) is 0 Å². The molecule has 0 atom stereocenters. The first-order valence-corrected chi connectivity index (χ1v) is 5.12. The third-order valence-electron chi connectivity index (χ3n) is 3.41. The van der Waals surface area contributed by atoms with Crippen LogP contribution in [0, 0.1) is 0 Å². The van der Waals surface area contributed by atoms with Gasteiger partial charge >= 0.3 is 0 Å². The van der Waals surface area contributed by atoms with Crippen LogP contribution in [-0.2, 0) is 0 Å². The van der Waals surface area contributed by atoms with Crippen LogP contribution in [0.1, 0.15) is 33.6 Å². The molecule has 70 valence electrons. The molecule has 0 radical (unpaired) electrons. The van der Waals surface area contributed by atoms with Gasteiger partial charge in [0.1, 0.15) is 13.3 Å². The third-order valence-corrected chi connectivity index (χ3v) is 3.41. The monoisotopic (exact) mass is 169 g/mol. The highest BCUT2D eigenvalue weighted by Gasteiger charge is 2.47. The van der Waals surface area contributed by atoms with Crippen molar-refractivity contribution in [2.45, 2.75) is 39.2 Å². The average Bonchev–Trinajstić information content (AvgIpc) is 2.27. The minimum absolute atomic E-state index is 0.395. The van der Waals surface area contributed by atoms with Crippen molar-refractivity contribution >= 4 is 0 Å². The highest BCUT2D eigenvalue weighted by molar-refractivity contribution is 4.77. The van der Waals surface area contributed by atoms with Crippen molar-refractivity contribution < 1.29 is 4.48 Å². The number of hydrogen-bond donors (Lipinski definition) is 0. The van der Waals surface area contributed by atoms with E-state index >= 15 is 0 Å². The zero-order valence-electron chi connectivity index (χ0n) is 8.64. The molecule has 0 bridgehead atoms. The summed E-state index contributed by atoms with van der Waals surface area (Å²) < 4.78 is 1.40. The molecule has 0 amide bonds. The quantitative estimate of drug-likeness (QED) is 0.498. The third kappa shape index (κ3) is 1.27. The lowest BCUT2D eigenvalue weighted by Crippen LogP contribution is -2.71. The maximum Gasteiger partial charge on any atom is 0.140 e. The Kier molecular flexibility index (Phi) is 1.74. The molecule has 0 aromatic carbocycles. The van der Waals surface area contributed by atoms with Gasteiger partial charge in [-0.1, -0.05) is 0 Å². The van der Waals surface area contributed by atoms with Crippen LogP contribution in [0.5, 0.6) is 0 Å². The molecule has 0 aromatic rings. The van der Waals surface area contributed by atoms with E-state index in [1.807, 2.05) is 0 Å². The number of hydrogen-bond acceptors (Lipinski definition) is 1. The smallest absolute Gasteiger partial charge is 0.140 e. The van der Waals surface area contributed by atoms with Gasteiger partial charge in [0, 0.05) is 18.4 Å². The predicted octanol–water partition coefficient (Wildman–Crippen LogP) is 1.63. The van der Waals surface area contributed by atoms with E-state index in [1.165, 1.54) is 43.8 Å². The lowest BCUT2D eigenvalue weighted by atomic mass is 10.1. The molecule has 2 nitrogen and oxygen atoms in total. The van der Waals surface area contributed by atoms with E-state index in [9.17, 15) is 0 Å². The second kappa shape index (κ2) is 2.46. The molecule has 2 aliphatic rings. The fourth-order valence-corrected chi connectivity index (χ4v) is 2.40. The van der Waals surface area contributed by atoms with Crippen LogP contribution in [0.15, 0.2) is 0 Å². The lowest BCUT2D eigenvalue weighted by Gasteiger charge is -2.54. The summed E-state index contributed by atoms with van der Waals surface area (Å²) in [4.78, 5) is 2.60. The van der Waals surface area contributed by atoms with Crippen LogP contribution in [0.2, 0.25) is 0 Å². The molecule has 12 heavy (non-hydrogen) atoms. The average molecular weight is 169 g/mol. The summed E-state index contributed by atoms with van der Waals surface area (Å²) in [7, 11) is 0. The molecular weight excluding hydrogens is 148 g/mol. The van der Waals surface area contributed by atoms with E-state index in [0.717, 1.165) is 0 Å². The minimum atomic E-state index is 0.395. The van der Waals surface area contributed by atoms with Crippen molar-refractivity contribution in [3.05, 3.63) is 0 Å². The second-order valence-corrected chi connectivity index (χ2v) is 5.49. The molecule has 0 N–H and O–H groups in total.